The lowest BCUT2D eigenvalue weighted by atomic mass is 9.98. The fourth-order valence-corrected chi connectivity index (χ4v) is 7.38. The standard InChI is InChI=1S/C32H35F3N4O6S/c1-43-27(40)15-37-30(42)18-8-11-24-26(12-18)46-31(38-24)39-19-9-10-20(39)14-21(13-19)44-16-23(29(41)17-6-7-17)28(36)22-4-2-3-5-25(22)45-32(33,34)35/h2-5,8,11-12,17,19-21,27,36,40-41H,6-7,9-10,13-16H2,1H3,(H,37,42)/b29-23-,36-28?. The molecule has 2 bridgehead atoms. The molecule has 1 aromatic heterocycles. The minimum atomic E-state index is -4.92. The second-order valence-electron chi connectivity index (χ2n) is 11.8. The molecule has 3 fully saturated rings. The van der Waals surface area contributed by atoms with Gasteiger partial charge in [-0.15, -0.1) is 13.2 Å². The molecule has 1 saturated carbocycles. The van der Waals surface area contributed by atoms with Gasteiger partial charge in [-0.1, -0.05) is 23.5 Å². The molecule has 10 nitrogen and oxygen atoms in total. The van der Waals surface area contributed by atoms with E-state index < -0.39 is 18.4 Å². The average Bonchev–Trinajstić information content (AvgIpc) is 3.74. The third kappa shape index (κ3) is 7.14. The maximum absolute atomic E-state index is 13.1. The van der Waals surface area contributed by atoms with Gasteiger partial charge in [0.25, 0.3) is 5.91 Å². The highest BCUT2D eigenvalue weighted by Crippen LogP contribution is 2.44. The zero-order chi connectivity index (χ0) is 32.6. The zero-order valence-corrected chi connectivity index (χ0v) is 25.9. The Labute approximate surface area is 267 Å². The summed E-state index contributed by atoms with van der Waals surface area (Å²) in [5.41, 5.74) is 1.10. The monoisotopic (exact) mass is 660 g/mol. The number of methoxy groups -OCH3 is 1. The number of halogens is 3. The van der Waals surface area contributed by atoms with E-state index in [1.807, 2.05) is 6.07 Å². The van der Waals surface area contributed by atoms with Crippen LogP contribution in [0.15, 0.2) is 53.8 Å². The molecule has 3 heterocycles. The molecule has 3 aliphatic rings. The van der Waals surface area contributed by atoms with E-state index in [0.717, 1.165) is 47.1 Å². The molecular weight excluding hydrogens is 625 g/mol. The van der Waals surface area contributed by atoms with Crippen molar-refractivity contribution in [1.29, 1.82) is 5.41 Å². The van der Waals surface area contributed by atoms with Gasteiger partial charge in [-0.3, -0.25) is 10.2 Å². The van der Waals surface area contributed by atoms with Crippen molar-refractivity contribution in [2.45, 2.75) is 69.4 Å². The van der Waals surface area contributed by atoms with Gasteiger partial charge in [-0.2, -0.15) is 0 Å². The van der Waals surface area contributed by atoms with E-state index in [1.54, 1.807) is 12.1 Å². The van der Waals surface area contributed by atoms with Gasteiger partial charge in [0.05, 0.1) is 35.2 Å². The van der Waals surface area contributed by atoms with Crippen molar-refractivity contribution in [3.63, 3.8) is 0 Å². The molecule has 2 aromatic carbocycles. The Morgan fingerprint density at radius 3 is 2.54 bits per heavy atom. The van der Waals surface area contributed by atoms with E-state index in [4.69, 9.17) is 19.9 Å². The Morgan fingerprint density at radius 1 is 1.15 bits per heavy atom. The number of nitrogens with one attached hydrogen (secondary N) is 2. The van der Waals surface area contributed by atoms with Crippen molar-refractivity contribution in [3.05, 3.63) is 64.9 Å². The number of amides is 1. The molecule has 46 heavy (non-hydrogen) atoms. The Bertz CT molecular complexity index is 1630. The molecule has 6 rings (SSSR count). The number of thiazole rings is 1. The number of benzene rings is 2. The molecule has 3 unspecified atom stereocenters. The van der Waals surface area contributed by atoms with Crippen molar-refractivity contribution < 1.29 is 42.4 Å². The van der Waals surface area contributed by atoms with Gasteiger partial charge in [0.2, 0.25) is 0 Å². The molecule has 4 N–H and O–H groups in total. The van der Waals surface area contributed by atoms with E-state index in [9.17, 15) is 28.2 Å². The number of aliphatic hydroxyl groups excluding tert-OH is 2. The molecular formula is C32H35F3N4O6S. The topological polar surface area (TPSA) is 137 Å². The highest BCUT2D eigenvalue weighted by atomic mass is 32.1. The SMILES string of the molecule is COC(O)CNC(=O)c1ccc2nc(N3C4CCC3CC(OC/C(C(=N)c3ccccc3OC(F)(F)F)=C(/O)C3CC3)C4)sc2c1. The third-order valence-corrected chi connectivity index (χ3v) is 9.71. The molecule has 3 atom stereocenters. The van der Waals surface area contributed by atoms with Gasteiger partial charge >= 0.3 is 6.36 Å². The number of ether oxygens (including phenoxy) is 3. The summed E-state index contributed by atoms with van der Waals surface area (Å²) >= 11 is 1.51. The van der Waals surface area contributed by atoms with Crippen molar-refractivity contribution in [2.24, 2.45) is 5.92 Å². The number of aliphatic hydroxyl groups is 2. The second-order valence-corrected chi connectivity index (χ2v) is 12.8. The summed E-state index contributed by atoms with van der Waals surface area (Å²) in [4.78, 5) is 19.7. The van der Waals surface area contributed by atoms with Crippen molar-refractivity contribution in [1.82, 2.24) is 10.3 Å². The first kappa shape index (κ1) is 32.2. The third-order valence-electron chi connectivity index (χ3n) is 8.68. The number of aromatic nitrogens is 1. The van der Waals surface area contributed by atoms with Crippen LogP contribution in [0.1, 0.15) is 54.4 Å². The minimum Gasteiger partial charge on any atom is -0.512 e. The second kappa shape index (κ2) is 13.2. The number of para-hydroxylation sites is 1. The number of hydrogen-bond acceptors (Lipinski definition) is 10. The van der Waals surface area contributed by atoms with Crippen LogP contribution in [0.4, 0.5) is 18.3 Å². The smallest absolute Gasteiger partial charge is 0.512 e. The molecule has 3 aromatic rings. The zero-order valence-electron chi connectivity index (χ0n) is 25.0. The largest absolute Gasteiger partial charge is 0.573 e. The summed E-state index contributed by atoms with van der Waals surface area (Å²) in [5, 5.41) is 32.8. The van der Waals surface area contributed by atoms with E-state index in [1.165, 1.54) is 36.6 Å². The van der Waals surface area contributed by atoms with Crippen LogP contribution in [-0.2, 0) is 9.47 Å². The van der Waals surface area contributed by atoms with Crippen LogP contribution in [0, 0.1) is 11.3 Å². The number of allylic oxidation sites excluding steroid dienone is 1. The first-order valence-electron chi connectivity index (χ1n) is 15.2. The molecule has 0 spiro atoms. The number of rotatable bonds is 12. The highest BCUT2D eigenvalue weighted by molar-refractivity contribution is 7.22. The first-order valence-corrected chi connectivity index (χ1v) is 16.0. The summed E-state index contributed by atoms with van der Waals surface area (Å²) in [7, 11) is 1.35. The fourth-order valence-electron chi connectivity index (χ4n) is 6.23. The predicted octanol–water partition coefficient (Wildman–Crippen LogP) is 5.70. The molecule has 1 amide bonds. The van der Waals surface area contributed by atoms with Crippen molar-refractivity contribution in [2.75, 3.05) is 25.2 Å². The van der Waals surface area contributed by atoms with Crippen LogP contribution < -0.4 is 15.0 Å². The quantitative estimate of drug-likeness (QED) is 0.110. The molecule has 2 aliphatic heterocycles. The summed E-state index contributed by atoms with van der Waals surface area (Å²) < 4.78 is 55.3. The molecule has 14 heteroatoms. The van der Waals surface area contributed by atoms with Crippen LogP contribution in [-0.4, -0.2) is 77.9 Å². The van der Waals surface area contributed by atoms with Gasteiger partial charge < -0.3 is 34.6 Å². The first-order chi connectivity index (χ1) is 22.0. The number of nitrogens with zero attached hydrogens (tertiary/aromatic N) is 2. The summed E-state index contributed by atoms with van der Waals surface area (Å²) in [6.07, 6.45) is -1.39. The van der Waals surface area contributed by atoms with Gasteiger partial charge in [0.1, 0.15) is 11.5 Å². The van der Waals surface area contributed by atoms with Gasteiger partial charge in [-0.05, 0) is 68.9 Å². The number of fused-ring (bicyclic) bond motifs is 3. The lowest BCUT2D eigenvalue weighted by Crippen LogP contribution is -2.45. The number of carbonyl (C=O) groups excluding carboxylic acids is 1. The van der Waals surface area contributed by atoms with Crippen LogP contribution >= 0.6 is 11.3 Å². The van der Waals surface area contributed by atoms with Crippen molar-refractivity contribution in [3.8, 4) is 5.75 Å². The maximum Gasteiger partial charge on any atom is 0.573 e. The lowest BCUT2D eigenvalue weighted by molar-refractivity contribution is -0.274. The summed E-state index contributed by atoms with van der Waals surface area (Å²) in [5.74, 6) is -0.961. The number of piperidine rings is 1. The van der Waals surface area contributed by atoms with Gasteiger partial charge in [0.15, 0.2) is 11.4 Å². The number of hydrogen-bond donors (Lipinski definition) is 4. The van der Waals surface area contributed by atoms with Gasteiger partial charge in [-0.25, -0.2) is 4.98 Å². The predicted molar refractivity (Wildman–Crippen MR) is 166 cm³/mol. The number of carbonyl (C=O) groups is 1. The van der Waals surface area contributed by atoms with E-state index >= 15 is 0 Å². The average molecular weight is 661 g/mol. The lowest BCUT2D eigenvalue weighted by Gasteiger charge is -2.38. The maximum atomic E-state index is 13.1. The van der Waals surface area contributed by atoms with E-state index in [-0.39, 0.29) is 65.8 Å². The van der Waals surface area contributed by atoms with E-state index in [0.29, 0.717) is 18.4 Å². The van der Waals surface area contributed by atoms with Crippen LogP contribution in [0.5, 0.6) is 5.75 Å². The normalized spacial score (nSPS) is 22.5. The Hall–Kier alpha value is -3.72. The number of alkyl halides is 3. The minimum absolute atomic E-state index is 0.00961. The summed E-state index contributed by atoms with van der Waals surface area (Å²) in [6, 6.07) is 11.1. The highest BCUT2D eigenvalue weighted by Gasteiger charge is 2.43. The molecule has 2 saturated heterocycles. The molecule has 0 radical (unpaired) electrons. The molecule has 1 aliphatic carbocycles. The summed E-state index contributed by atoms with van der Waals surface area (Å²) in [6.45, 7) is -0.126. The van der Waals surface area contributed by atoms with E-state index in [2.05, 4.69) is 15.0 Å². The Kier molecular flexibility index (Phi) is 9.24. The fraction of sp³-hybridized carbons (Fsp3) is 0.469. The molecule has 246 valence electrons. The van der Waals surface area contributed by atoms with Crippen LogP contribution in [0.3, 0.4) is 0 Å². The van der Waals surface area contributed by atoms with Crippen LogP contribution in [0.25, 0.3) is 10.2 Å². The van der Waals surface area contributed by atoms with Gasteiger partial charge in [0, 0.05) is 41.8 Å². The van der Waals surface area contributed by atoms with Crippen LogP contribution in [0.2, 0.25) is 0 Å². The number of anilines is 1. The Balaban J connectivity index is 1.13. The Morgan fingerprint density at radius 2 is 1.87 bits per heavy atom. The van der Waals surface area contributed by atoms with Crippen molar-refractivity contribution >= 4 is 38.3 Å².